The van der Waals surface area contributed by atoms with Gasteiger partial charge < -0.3 is 15.0 Å². The zero-order valence-electron chi connectivity index (χ0n) is 17.0. The van der Waals surface area contributed by atoms with Gasteiger partial charge in [-0.3, -0.25) is 19.7 Å². The number of hydrogen-bond acceptors (Lipinski definition) is 5. The minimum Gasteiger partial charge on any atom is -0.495 e. The second kappa shape index (κ2) is 9.18. The summed E-state index contributed by atoms with van der Waals surface area (Å²) in [6.07, 6.45) is 4.79. The molecular weight excluding hydrogens is 418 g/mol. The number of benzene rings is 1. The fraction of sp³-hybridized carbons (Fsp3) is 0.273. The third-order valence-electron chi connectivity index (χ3n) is 5.28. The van der Waals surface area contributed by atoms with Crippen molar-refractivity contribution in [1.82, 2.24) is 20.1 Å². The van der Waals surface area contributed by atoms with E-state index in [2.05, 4.69) is 20.5 Å². The van der Waals surface area contributed by atoms with Crippen LogP contribution in [0.15, 0.2) is 48.8 Å². The lowest BCUT2D eigenvalue weighted by Gasteiger charge is -2.31. The van der Waals surface area contributed by atoms with E-state index in [0.29, 0.717) is 47.4 Å². The number of halogens is 1. The summed E-state index contributed by atoms with van der Waals surface area (Å²) >= 11 is 6.05. The van der Waals surface area contributed by atoms with Crippen molar-refractivity contribution in [2.75, 3.05) is 25.5 Å². The number of rotatable bonds is 5. The number of nitrogens with one attached hydrogen (secondary N) is 2. The van der Waals surface area contributed by atoms with Gasteiger partial charge in [0.05, 0.1) is 24.4 Å². The number of nitrogens with zero attached hydrogens (tertiary/aromatic N) is 3. The lowest BCUT2D eigenvalue weighted by Crippen LogP contribution is -2.43. The van der Waals surface area contributed by atoms with Crippen molar-refractivity contribution in [1.29, 1.82) is 0 Å². The predicted octanol–water partition coefficient (Wildman–Crippen LogP) is 3.62. The Balaban J connectivity index is 1.44. The molecule has 31 heavy (non-hydrogen) atoms. The van der Waals surface area contributed by atoms with Crippen molar-refractivity contribution in [3.63, 3.8) is 0 Å². The van der Waals surface area contributed by atoms with Crippen molar-refractivity contribution in [2.24, 2.45) is 5.92 Å². The molecule has 2 amide bonds. The minimum absolute atomic E-state index is 0.167. The molecule has 1 saturated heterocycles. The van der Waals surface area contributed by atoms with Crippen molar-refractivity contribution in [2.45, 2.75) is 12.8 Å². The highest BCUT2D eigenvalue weighted by Gasteiger charge is 2.30. The van der Waals surface area contributed by atoms with Crippen LogP contribution in [0.5, 0.6) is 5.75 Å². The van der Waals surface area contributed by atoms with Crippen LogP contribution in [0.25, 0.3) is 11.3 Å². The Labute approximate surface area is 184 Å². The largest absolute Gasteiger partial charge is 0.495 e. The molecule has 9 heteroatoms. The maximum Gasteiger partial charge on any atom is 0.271 e. The van der Waals surface area contributed by atoms with Gasteiger partial charge >= 0.3 is 0 Å². The van der Waals surface area contributed by atoms with Gasteiger partial charge in [0.2, 0.25) is 5.91 Å². The first-order valence-electron chi connectivity index (χ1n) is 9.94. The van der Waals surface area contributed by atoms with E-state index in [-0.39, 0.29) is 17.7 Å². The molecule has 160 valence electrons. The second-order valence-electron chi connectivity index (χ2n) is 7.33. The quantitative estimate of drug-likeness (QED) is 0.632. The second-order valence-corrected chi connectivity index (χ2v) is 7.76. The van der Waals surface area contributed by atoms with Crippen LogP contribution >= 0.6 is 11.6 Å². The average Bonchev–Trinajstić information content (AvgIpc) is 3.30. The minimum atomic E-state index is -0.330. The number of carbonyl (C=O) groups is 2. The number of aromatic nitrogens is 3. The lowest BCUT2D eigenvalue weighted by atomic mass is 9.96. The van der Waals surface area contributed by atoms with Crippen molar-refractivity contribution < 1.29 is 14.3 Å². The summed E-state index contributed by atoms with van der Waals surface area (Å²) in [4.78, 5) is 31.5. The molecule has 0 aliphatic carbocycles. The fourth-order valence-corrected chi connectivity index (χ4v) is 3.83. The van der Waals surface area contributed by atoms with Gasteiger partial charge in [0, 0.05) is 36.1 Å². The highest BCUT2D eigenvalue weighted by atomic mass is 35.5. The molecule has 8 nitrogen and oxygen atoms in total. The topological polar surface area (TPSA) is 100 Å². The summed E-state index contributed by atoms with van der Waals surface area (Å²) in [5.74, 6) is -0.141. The molecule has 1 fully saturated rings. The molecule has 0 saturated carbocycles. The molecule has 3 heterocycles. The zero-order valence-corrected chi connectivity index (χ0v) is 17.7. The normalized spacial score (nSPS) is 16.1. The maximum absolute atomic E-state index is 13.0. The standard InChI is InChI=1S/C22H22ClN5O3/c1-31-20-5-4-16(23)11-18(20)25-21(29)15-3-2-10-28(13-15)22(30)19-12-17(26-27-19)14-6-8-24-9-7-14/h4-9,11-12,15H,2-3,10,13H2,1H3,(H,25,29)(H,26,27). The van der Waals surface area contributed by atoms with Gasteiger partial charge in [-0.25, -0.2) is 0 Å². The van der Waals surface area contributed by atoms with Crippen LogP contribution in [-0.4, -0.2) is 52.1 Å². The smallest absolute Gasteiger partial charge is 0.271 e. The molecule has 1 aromatic carbocycles. The van der Waals surface area contributed by atoms with Crippen LogP contribution in [0, 0.1) is 5.92 Å². The third-order valence-corrected chi connectivity index (χ3v) is 5.52. The number of amides is 2. The van der Waals surface area contributed by atoms with Crippen molar-refractivity contribution in [3.05, 3.63) is 59.5 Å². The van der Waals surface area contributed by atoms with Gasteiger partial charge in [0.15, 0.2) is 0 Å². The van der Waals surface area contributed by atoms with Crippen LogP contribution in [0.3, 0.4) is 0 Å². The van der Waals surface area contributed by atoms with Gasteiger partial charge in [-0.05, 0) is 49.2 Å². The zero-order chi connectivity index (χ0) is 21.8. The first kappa shape index (κ1) is 20.9. The number of hydrogen-bond donors (Lipinski definition) is 2. The summed E-state index contributed by atoms with van der Waals surface area (Å²) in [5.41, 5.74) is 2.45. The molecular formula is C22H22ClN5O3. The average molecular weight is 440 g/mol. The van der Waals surface area contributed by atoms with Crippen molar-refractivity contribution >= 4 is 29.1 Å². The van der Waals surface area contributed by atoms with E-state index in [1.807, 2.05) is 12.1 Å². The number of H-pyrrole nitrogens is 1. The Morgan fingerprint density at radius 2 is 2.03 bits per heavy atom. The Hall–Kier alpha value is -3.39. The van der Waals surface area contributed by atoms with E-state index in [9.17, 15) is 9.59 Å². The number of aromatic amines is 1. The maximum atomic E-state index is 13.0. The van der Waals surface area contributed by atoms with E-state index in [4.69, 9.17) is 16.3 Å². The van der Waals surface area contributed by atoms with Crippen LogP contribution in [-0.2, 0) is 4.79 Å². The monoisotopic (exact) mass is 439 g/mol. The summed E-state index contributed by atoms with van der Waals surface area (Å²) in [6.45, 7) is 0.921. The number of anilines is 1. The number of methoxy groups -OCH3 is 1. The molecule has 0 spiro atoms. The molecule has 0 radical (unpaired) electrons. The first-order chi connectivity index (χ1) is 15.0. The molecule has 1 aliphatic heterocycles. The predicted molar refractivity (Wildman–Crippen MR) is 117 cm³/mol. The van der Waals surface area contributed by atoms with E-state index in [1.165, 1.54) is 7.11 Å². The first-order valence-corrected chi connectivity index (χ1v) is 10.3. The van der Waals surface area contributed by atoms with Crippen molar-refractivity contribution in [3.8, 4) is 17.0 Å². The molecule has 2 N–H and O–H groups in total. The van der Waals surface area contributed by atoms with Gasteiger partial charge in [0.1, 0.15) is 11.4 Å². The fourth-order valence-electron chi connectivity index (χ4n) is 3.66. The van der Waals surface area contributed by atoms with E-state index in [0.717, 1.165) is 12.0 Å². The Kier molecular flexibility index (Phi) is 6.18. The van der Waals surface area contributed by atoms with Gasteiger partial charge in [-0.2, -0.15) is 5.10 Å². The number of likely N-dealkylation sites (tertiary alicyclic amines) is 1. The number of carbonyl (C=O) groups excluding carboxylic acids is 2. The SMILES string of the molecule is COc1ccc(Cl)cc1NC(=O)C1CCCN(C(=O)c2cc(-c3ccncc3)n[nH]2)C1. The third kappa shape index (κ3) is 4.69. The Morgan fingerprint density at radius 1 is 1.23 bits per heavy atom. The number of piperidine rings is 1. The van der Waals surface area contributed by atoms with Crippen LogP contribution in [0.1, 0.15) is 23.3 Å². The summed E-state index contributed by atoms with van der Waals surface area (Å²) in [6, 6.07) is 10.4. The summed E-state index contributed by atoms with van der Waals surface area (Å²) in [5, 5.41) is 10.4. The number of ether oxygens (including phenoxy) is 1. The molecule has 3 aromatic rings. The number of pyridine rings is 1. The molecule has 2 aromatic heterocycles. The molecule has 1 atom stereocenters. The molecule has 1 aliphatic rings. The van der Waals surface area contributed by atoms with Gasteiger partial charge in [-0.1, -0.05) is 11.6 Å². The van der Waals surface area contributed by atoms with Gasteiger partial charge in [0.25, 0.3) is 5.91 Å². The van der Waals surface area contributed by atoms with E-state index < -0.39 is 0 Å². The molecule has 0 bridgehead atoms. The summed E-state index contributed by atoms with van der Waals surface area (Å²) in [7, 11) is 1.53. The lowest BCUT2D eigenvalue weighted by molar-refractivity contribution is -0.121. The molecule has 4 rings (SSSR count). The highest BCUT2D eigenvalue weighted by Crippen LogP contribution is 2.29. The van der Waals surface area contributed by atoms with E-state index >= 15 is 0 Å². The van der Waals surface area contributed by atoms with Gasteiger partial charge in [-0.15, -0.1) is 0 Å². The molecule has 1 unspecified atom stereocenters. The highest BCUT2D eigenvalue weighted by molar-refractivity contribution is 6.31. The Bertz CT molecular complexity index is 1090. The van der Waals surface area contributed by atoms with E-state index in [1.54, 1.807) is 41.6 Å². The van der Waals surface area contributed by atoms with Crippen LogP contribution < -0.4 is 10.1 Å². The Morgan fingerprint density at radius 3 is 2.81 bits per heavy atom. The van der Waals surface area contributed by atoms with Crippen LogP contribution in [0.2, 0.25) is 5.02 Å². The summed E-state index contributed by atoms with van der Waals surface area (Å²) < 4.78 is 5.29. The van der Waals surface area contributed by atoms with Crippen LogP contribution in [0.4, 0.5) is 5.69 Å².